The molecule has 0 fully saturated rings. The number of hydrogen-bond acceptors (Lipinski definition) is 4. The molecular formula is C23H26N2O3. The van der Waals surface area contributed by atoms with Crippen LogP contribution in [0.25, 0.3) is 11.1 Å². The van der Waals surface area contributed by atoms with Crippen molar-refractivity contribution < 1.29 is 14.3 Å². The molecule has 0 aliphatic carbocycles. The van der Waals surface area contributed by atoms with Crippen molar-refractivity contribution in [1.29, 1.82) is 0 Å². The van der Waals surface area contributed by atoms with Crippen LogP contribution in [0.2, 0.25) is 0 Å². The minimum atomic E-state index is -0.330. The summed E-state index contributed by atoms with van der Waals surface area (Å²) in [5, 5.41) is 4.72. The van der Waals surface area contributed by atoms with E-state index in [1.165, 1.54) is 7.11 Å². The van der Waals surface area contributed by atoms with Gasteiger partial charge in [0.15, 0.2) is 0 Å². The third-order valence-electron chi connectivity index (χ3n) is 4.64. The molecule has 0 saturated heterocycles. The van der Waals surface area contributed by atoms with Crippen LogP contribution in [0.4, 0.5) is 0 Å². The maximum atomic E-state index is 12.0. The van der Waals surface area contributed by atoms with E-state index in [1.807, 2.05) is 35.0 Å². The monoisotopic (exact) mass is 378 g/mol. The van der Waals surface area contributed by atoms with Crippen LogP contribution in [0.3, 0.4) is 0 Å². The fourth-order valence-corrected chi connectivity index (χ4v) is 3.28. The first kappa shape index (κ1) is 19.8. The molecule has 0 atom stereocenters. The van der Waals surface area contributed by atoms with Crippen LogP contribution in [0.5, 0.6) is 0 Å². The van der Waals surface area contributed by atoms with Crippen molar-refractivity contribution in [3.63, 3.8) is 0 Å². The summed E-state index contributed by atoms with van der Waals surface area (Å²) in [5.74, 6) is -0.330. The molecule has 0 saturated carbocycles. The largest absolute Gasteiger partial charge is 0.465 e. The van der Waals surface area contributed by atoms with Crippen LogP contribution in [0.1, 0.15) is 40.7 Å². The molecule has 146 valence electrons. The number of nitrogens with zero attached hydrogens (tertiary/aromatic N) is 2. The lowest BCUT2D eigenvalue weighted by Gasteiger charge is -2.10. The number of carbonyl (C=O) groups is 1. The van der Waals surface area contributed by atoms with E-state index in [1.54, 1.807) is 13.2 Å². The molecular weight excluding hydrogens is 352 g/mol. The third kappa shape index (κ3) is 4.49. The topological polar surface area (TPSA) is 53.4 Å². The summed E-state index contributed by atoms with van der Waals surface area (Å²) in [6, 6.07) is 17.8. The highest BCUT2D eigenvalue weighted by atomic mass is 16.5. The maximum absolute atomic E-state index is 12.0. The van der Waals surface area contributed by atoms with Gasteiger partial charge < -0.3 is 9.47 Å². The van der Waals surface area contributed by atoms with E-state index in [9.17, 15) is 4.79 Å². The lowest BCUT2D eigenvalue weighted by atomic mass is 9.99. The molecule has 0 N–H and O–H groups in total. The lowest BCUT2D eigenvalue weighted by Crippen LogP contribution is -2.07. The highest BCUT2D eigenvalue weighted by Gasteiger charge is 2.13. The Balaban J connectivity index is 1.84. The van der Waals surface area contributed by atoms with E-state index >= 15 is 0 Å². The van der Waals surface area contributed by atoms with Crippen LogP contribution in [0.15, 0.2) is 54.6 Å². The van der Waals surface area contributed by atoms with Gasteiger partial charge in [-0.2, -0.15) is 5.10 Å². The van der Waals surface area contributed by atoms with E-state index in [-0.39, 0.29) is 5.97 Å². The quantitative estimate of drug-likeness (QED) is 0.542. The lowest BCUT2D eigenvalue weighted by molar-refractivity contribution is 0.0601. The Morgan fingerprint density at radius 2 is 1.82 bits per heavy atom. The number of benzene rings is 2. The summed E-state index contributed by atoms with van der Waals surface area (Å²) in [6.07, 6.45) is 2.03. The highest BCUT2D eigenvalue weighted by molar-refractivity contribution is 5.97. The van der Waals surface area contributed by atoms with E-state index in [0.29, 0.717) is 18.7 Å². The van der Waals surface area contributed by atoms with Gasteiger partial charge in [0.05, 0.1) is 37.2 Å². The van der Waals surface area contributed by atoms with Crippen molar-refractivity contribution in [2.75, 3.05) is 14.2 Å². The maximum Gasteiger partial charge on any atom is 0.338 e. The van der Waals surface area contributed by atoms with Gasteiger partial charge in [-0.15, -0.1) is 0 Å². The van der Waals surface area contributed by atoms with Gasteiger partial charge in [-0.05, 0) is 35.2 Å². The Labute approximate surface area is 165 Å². The molecule has 3 aromatic rings. The van der Waals surface area contributed by atoms with Crippen molar-refractivity contribution in [1.82, 2.24) is 9.78 Å². The minimum absolute atomic E-state index is 0.330. The number of aromatic nitrogens is 2. The predicted octanol–water partition coefficient (Wildman–Crippen LogP) is 4.48. The number of rotatable bonds is 8. The van der Waals surface area contributed by atoms with Gasteiger partial charge in [-0.1, -0.05) is 55.8 Å². The first-order valence-electron chi connectivity index (χ1n) is 9.47. The predicted molar refractivity (Wildman–Crippen MR) is 109 cm³/mol. The molecule has 1 aromatic heterocycles. The number of hydrogen-bond donors (Lipinski definition) is 0. The normalized spacial score (nSPS) is 10.8. The van der Waals surface area contributed by atoms with Crippen LogP contribution < -0.4 is 0 Å². The number of methoxy groups -OCH3 is 2. The molecule has 0 aliphatic rings. The molecule has 0 unspecified atom stereocenters. The highest BCUT2D eigenvalue weighted by Crippen LogP contribution is 2.25. The second-order valence-electron chi connectivity index (χ2n) is 6.70. The number of aryl methyl sites for hydroxylation is 1. The first-order valence-corrected chi connectivity index (χ1v) is 9.47. The van der Waals surface area contributed by atoms with Crippen molar-refractivity contribution in [3.05, 3.63) is 77.1 Å². The zero-order chi connectivity index (χ0) is 19.9. The summed E-state index contributed by atoms with van der Waals surface area (Å²) in [7, 11) is 3.10. The molecule has 3 rings (SSSR count). The second kappa shape index (κ2) is 9.33. The summed E-state index contributed by atoms with van der Waals surface area (Å²) in [5.41, 5.74) is 5.72. The molecule has 0 amide bonds. The van der Waals surface area contributed by atoms with E-state index in [0.717, 1.165) is 40.9 Å². The Bertz CT molecular complexity index is 929. The zero-order valence-corrected chi connectivity index (χ0v) is 16.6. The molecule has 1 heterocycles. The molecule has 0 spiro atoms. The third-order valence-corrected chi connectivity index (χ3v) is 4.64. The van der Waals surface area contributed by atoms with Crippen molar-refractivity contribution in [3.8, 4) is 11.1 Å². The fourth-order valence-electron chi connectivity index (χ4n) is 3.28. The Morgan fingerprint density at radius 1 is 1.07 bits per heavy atom. The number of ether oxygens (including phenoxy) is 2. The smallest absolute Gasteiger partial charge is 0.338 e. The molecule has 0 bridgehead atoms. The fraction of sp³-hybridized carbons (Fsp3) is 0.304. The first-order chi connectivity index (χ1) is 13.7. The van der Waals surface area contributed by atoms with Gasteiger partial charge in [0, 0.05) is 7.11 Å². The summed E-state index contributed by atoms with van der Waals surface area (Å²) in [6.45, 7) is 3.38. The van der Waals surface area contributed by atoms with E-state index in [4.69, 9.17) is 14.6 Å². The average Bonchev–Trinajstić information content (AvgIpc) is 3.09. The van der Waals surface area contributed by atoms with Gasteiger partial charge in [-0.3, -0.25) is 4.68 Å². The van der Waals surface area contributed by atoms with Gasteiger partial charge in [0.25, 0.3) is 0 Å². The molecule has 28 heavy (non-hydrogen) atoms. The molecule has 5 nitrogen and oxygen atoms in total. The van der Waals surface area contributed by atoms with Gasteiger partial charge >= 0.3 is 5.97 Å². The Morgan fingerprint density at radius 3 is 2.50 bits per heavy atom. The van der Waals surface area contributed by atoms with Crippen LogP contribution in [-0.2, 0) is 29.0 Å². The molecule has 2 aromatic carbocycles. The van der Waals surface area contributed by atoms with Crippen LogP contribution >= 0.6 is 0 Å². The standard InChI is InChI=1S/C23H26N2O3/c1-4-7-19-14-20(16-27-2)25(24-19)15-17-10-12-18(13-11-17)21-8-5-6-9-22(21)23(26)28-3/h5-6,8-14H,4,7,15-16H2,1-3H3. The second-order valence-corrected chi connectivity index (χ2v) is 6.70. The minimum Gasteiger partial charge on any atom is -0.465 e. The number of carbonyl (C=O) groups excluding carboxylic acids is 1. The van der Waals surface area contributed by atoms with Crippen LogP contribution in [0, 0.1) is 0 Å². The van der Waals surface area contributed by atoms with Crippen LogP contribution in [-0.4, -0.2) is 30.0 Å². The summed E-state index contributed by atoms with van der Waals surface area (Å²) < 4.78 is 12.2. The molecule has 0 radical (unpaired) electrons. The number of esters is 1. The Kier molecular flexibility index (Phi) is 6.61. The van der Waals surface area contributed by atoms with Gasteiger partial charge in [-0.25, -0.2) is 4.79 Å². The zero-order valence-electron chi connectivity index (χ0n) is 16.6. The summed E-state index contributed by atoms with van der Waals surface area (Å²) in [4.78, 5) is 12.0. The Hall–Kier alpha value is -2.92. The molecule has 0 aliphatic heterocycles. The van der Waals surface area contributed by atoms with E-state index in [2.05, 4.69) is 25.1 Å². The molecule has 5 heteroatoms. The van der Waals surface area contributed by atoms with Crippen molar-refractivity contribution in [2.24, 2.45) is 0 Å². The van der Waals surface area contributed by atoms with Crippen molar-refractivity contribution in [2.45, 2.75) is 32.9 Å². The summed E-state index contributed by atoms with van der Waals surface area (Å²) >= 11 is 0. The van der Waals surface area contributed by atoms with Gasteiger partial charge in [0.1, 0.15) is 0 Å². The average molecular weight is 378 g/mol. The SMILES string of the molecule is CCCc1cc(COC)n(Cc2ccc(-c3ccccc3C(=O)OC)cc2)n1. The van der Waals surface area contributed by atoms with Gasteiger partial charge in [0.2, 0.25) is 0 Å². The van der Waals surface area contributed by atoms with Crippen molar-refractivity contribution >= 4 is 5.97 Å². The van der Waals surface area contributed by atoms with E-state index < -0.39 is 0 Å².